The van der Waals surface area contributed by atoms with Crippen LogP contribution < -0.4 is 11.1 Å². The number of rotatable bonds is 5. The molecule has 0 bridgehead atoms. The predicted molar refractivity (Wildman–Crippen MR) is 114 cm³/mol. The Bertz CT molecular complexity index is 741. The number of hydrogen-bond acceptors (Lipinski definition) is 4. The van der Waals surface area contributed by atoms with Gasteiger partial charge < -0.3 is 11.1 Å². The Morgan fingerprint density at radius 1 is 1.14 bits per heavy atom. The molecule has 6 nitrogen and oxygen atoms in total. The molecule has 2 fully saturated rings. The summed E-state index contributed by atoms with van der Waals surface area (Å²) in [5.74, 6) is 0.127. The highest BCUT2D eigenvalue weighted by atomic mass is 35.5. The van der Waals surface area contributed by atoms with Crippen molar-refractivity contribution in [1.29, 1.82) is 0 Å². The van der Waals surface area contributed by atoms with Gasteiger partial charge in [-0.3, -0.25) is 4.79 Å². The first kappa shape index (κ1) is 23.1. The maximum absolute atomic E-state index is 13.4. The summed E-state index contributed by atoms with van der Waals surface area (Å²) in [5, 5.41) is 3.25. The summed E-state index contributed by atoms with van der Waals surface area (Å²) in [4.78, 5) is 13.4. The summed E-state index contributed by atoms with van der Waals surface area (Å²) in [6, 6.07) is 10.2. The smallest absolute Gasteiger partial charge is 0.230 e. The van der Waals surface area contributed by atoms with Gasteiger partial charge in [0.15, 0.2) is 0 Å². The van der Waals surface area contributed by atoms with Crippen molar-refractivity contribution in [2.45, 2.75) is 62.9 Å². The number of sulfonamides is 1. The molecule has 1 aromatic carbocycles. The Kier molecular flexibility index (Phi) is 7.90. The Morgan fingerprint density at radius 2 is 1.71 bits per heavy atom. The standard InChI is InChI=1S/C20H31N3O3S.ClH/c1-2-27(25,26)23-14-12-20(13-15-23,16-6-4-3-5-7-16)19(24)22-18-10-8-17(21)9-11-18;/h3-7,17-18H,2,8-15,21H2,1H3,(H,22,24);1H. The van der Waals surface area contributed by atoms with Crippen LogP contribution in [0.5, 0.6) is 0 Å². The largest absolute Gasteiger partial charge is 0.353 e. The molecule has 0 radical (unpaired) electrons. The second-order valence-corrected chi connectivity index (χ2v) is 10.1. The van der Waals surface area contributed by atoms with Crippen LogP contribution in [0.1, 0.15) is 51.0 Å². The number of hydrogen-bond donors (Lipinski definition) is 2. The molecule has 0 atom stereocenters. The van der Waals surface area contributed by atoms with Crippen LogP contribution in [-0.4, -0.2) is 49.6 Å². The van der Waals surface area contributed by atoms with Crippen molar-refractivity contribution in [3.63, 3.8) is 0 Å². The van der Waals surface area contributed by atoms with E-state index in [1.54, 1.807) is 6.92 Å². The SMILES string of the molecule is CCS(=O)(=O)N1CCC(C(=O)NC2CCC(N)CC2)(c2ccccc2)CC1.Cl. The van der Waals surface area contributed by atoms with Gasteiger partial charge >= 0.3 is 0 Å². The number of carbonyl (C=O) groups is 1. The molecule has 1 aliphatic heterocycles. The van der Waals surface area contributed by atoms with Crippen molar-refractivity contribution in [2.24, 2.45) is 5.73 Å². The third kappa shape index (κ3) is 4.87. The molecule has 0 unspecified atom stereocenters. The van der Waals surface area contributed by atoms with Gasteiger partial charge in [0.1, 0.15) is 0 Å². The van der Waals surface area contributed by atoms with Crippen molar-refractivity contribution in [1.82, 2.24) is 9.62 Å². The average Bonchev–Trinajstić information content (AvgIpc) is 2.70. The number of carbonyl (C=O) groups excluding carboxylic acids is 1. The minimum Gasteiger partial charge on any atom is -0.353 e. The Hall–Kier alpha value is -1.15. The molecular weight excluding hydrogens is 398 g/mol. The number of piperidine rings is 1. The maximum atomic E-state index is 13.4. The van der Waals surface area contributed by atoms with Crippen molar-refractivity contribution in [2.75, 3.05) is 18.8 Å². The molecule has 1 aliphatic carbocycles. The molecule has 28 heavy (non-hydrogen) atoms. The summed E-state index contributed by atoms with van der Waals surface area (Å²) in [5.41, 5.74) is 6.29. The molecule has 0 aromatic heterocycles. The van der Waals surface area contributed by atoms with Crippen molar-refractivity contribution in [3.8, 4) is 0 Å². The highest BCUT2D eigenvalue weighted by molar-refractivity contribution is 7.89. The maximum Gasteiger partial charge on any atom is 0.230 e. The fourth-order valence-corrected chi connectivity index (χ4v) is 5.42. The molecular formula is C20H32ClN3O3S. The second kappa shape index (κ2) is 9.57. The van der Waals surface area contributed by atoms with E-state index in [1.165, 1.54) is 4.31 Å². The van der Waals surface area contributed by atoms with E-state index < -0.39 is 15.4 Å². The van der Waals surface area contributed by atoms with Crippen LogP contribution in [0.4, 0.5) is 0 Å². The quantitative estimate of drug-likeness (QED) is 0.750. The first-order chi connectivity index (χ1) is 12.9. The highest BCUT2D eigenvalue weighted by Gasteiger charge is 2.45. The van der Waals surface area contributed by atoms with Crippen LogP contribution in [0.15, 0.2) is 30.3 Å². The zero-order valence-electron chi connectivity index (χ0n) is 16.5. The number of halogens is 1. The zero-order chi connectivity index (χ0) is 19.5. The third-order valence-electron chi connectivity index (χ3n) is 6.20. The fraction of sp³-hybridized carbons (Fsp3) is 0.650. The molecule has 1 saturated heterocycles. The van der Waals surface area contributed by atoms with E-state index in [0.717, 1.165) is 31.2 Å². The molecule has 158 valence electrons. The number of amides is 1. The third-order valence-corrected chi connectivity index (χ3v) is 8.08. The number of benzene rings is 1. The lowest BCUT2D eigenvalue weighted by atomic mass is 9.72. The monoisotopic (exact) mass is 429 g/mol. The molecule has 0 spiro atoms. The molecule has 1 saturated carbocycles. The summed E-state index contributed by atoms with van der Waals surface area (Å²) < 4.78 is 26.0. The van der Waals surface area contributed by atoms with Gasteiger partial charge in [0.2, 0.25) is 15.9 Å². The van der Waals surface area contributed by atoms with Crippen molar-refractivity contribution >= 4 is 28.3 Å². The summed E-state index contributed by atoms with van der Waals surface area (Å²) in [6.45, 7) is 2.43. The lowest BCUT2D eigenvalue weighted by molar-refractivity contribution is -0.129. The van der Waals surface area contributed by atoms with Gasteiger partial charge in [0.05, 0.1) is 11.2 Å². The van der Waals surface area contributed by atoms with Gasteiger partial charge in [-0.15, -0.1) is 12.4 Å². The van der Waals surface area contributed by atoms with Crippen LogP contribution in [0.25, 0.3) is 0 Å². The summed E-state index contributed by atoms with van der Waals surface area (Å²) >= 11 is 0. The first-order valence-electron chi connectivity index (χ1n) is 9.97. The lowest BCUT2D eigenvalue weighted by Gasteiger charge is -2.41. The van der Waals surface area contributed by atoms with Crippen molar-refractivity contribution in [3.05, 3.63) is 35.9 Å². The van der Waals surface area contributed by atoms with Gasteiger partial charge in [-0.2, -0.15) is 0 Å². The van der Waals surface area contributed by atoms with Gasteiger partial charge in [0, 0.05) is 25.2 Å². The van der Waals surface area contributed by atoms with Crippen LogP contribution in [0.3, 0.4) is 0 Å². The normalized spacial score (nSPS) is 25.5. The number of nitrogens with one attached hydrogen (secondary N) is 1. The molecule has 3 rings (SSSR count). The highest BCUT2D eigenvalue weighted by Crippen LogP contribution is 2.37. The average molecular weight is 430 g/mol. The van der Waals surface area contributed by atoms with Crippen LogP contribution in [0.2, 0.25) is 0 Å². The van der Waals surface area contributed by atoms with Crippen LogP contribution >= 0.6 is 12.4 Å². The van der Waals surface area contributed by atoms with Gasteiger partial charge in [-0.05, 0) is 51.0 Å². The van der Waals surface area contributed by atoms with E-state index in [9.17, 15) is 13.2 Å². The van der Waals surface area contributed by atoms with E-state index >= 15 is 0 Å². The molecule has 2 aliphatic rings. The Balaban J connectivity index is 0.00000280. The Morgan fingerprint density at radius 3 is 2.25 bits per heavy atom. The number of nitrogens with zero attached hydrogens (tertiary/aromatic N) is 1. The Labute approximate surface area is 174 Å². The fourth-order valence-electron chi connectivity index (χ4n) is 4.32. The summed E-state index contributed by atoms with van der Waals surface area (Å²) in [7, 11) is -3.22. The molecule has 3 N–H and O–H groups in total. The lowest BCUT2D eigenvalue weighted by Crippen LogP contribution is -2.55. The van der Waals surface area contributed by atoms with Gasteiger partial charge in [-0.1, -0.05) is 30.3 Å². The van der Waals surface area contributed by atoms with Crippen molar-refractivity contribution < 1.29 is 13.2 Å². The van der Waals surface area contributed by atoms with E-state index in [2.05, 4.69) is 5.32 Å². The van der Waals surface area contributed by atoms with Gasteiger partial charge in [0.25, 0.3) is 0 Å². The zero-order valence-corrected chi connectivity index (χ0v) is 18.1. The molecule has 8 heteroatoms. The van der Waals surface area contributed by atoms with Crippen LogP contribution in [0, 0.1) is 0 Å². The predicted octanol–water partition coefficient (Wildman–Crippen LogP) is 2.18. The van der Waals surface area contributed by atoms with E-state index in [0.29, 0.717) is 25.9 Å². The topological polar surface area (TPSA) is 92.5 Å². The van der Waals surface area contributed by atoms with Gasteiger partial charge in [-0.25, -0.2) is 12.7 Å². The van der Waals surface area contributed by atoms with Crippen LogP contribution in [-0.2, 0) is 20.2 Å². The van der Waals surface area contributed by atoms with E-state index in [1.807, 2.05) is 30.3 Å². The molecule has 1 aromatic rings. The molecule has 1 heterocycles. The number of nitrogens with two attached hydrogens (primary N) is 1. The minimum absolute atomic E-state index is 0. The van der Waals surface area contributed by atoms with E-state index in [-0.39, 0.29) is 36.2 Å². The first-order valence-corrected chi connectivity index (χ1v) is 11.6. The second-order valence-electron chi connectivity index (χ2n) is 7.83. The summed E-state index contributed by atoms with van der Waals surface area (Å²) in [6.07, 6.45) is 4.71. The minimum atomic E-state index is -3.22. The van der Waals surface area contributed by atoms with E-state index in [4.69, 9.17) is 5.73 Å². The molecule has 1 amide bonds.